The van der Waals surface area contributed by atoms with Crippen molar-refractivity contribution in [1.29, 1.82) is 0 Å². The molecule has 0 aliphatic heterocycles. The fourth-order valence-corrected chi connectivity index (χ4v) is 1.89. The molecule has 0 radical (unpaired) electrons. The highest BCUT2D eigenvalue weighted by Crippen LogP contribution is 2.32. The maximum Gasteiger partial charge on any atom is 0.0887 e. The SMILES string of the molecule is CCCNCc1ccc(COCCC2CC2)nc1. The molecule has 0 unspecified atom stereocenters. The lowest BCUT2D eigenvalue weighted by Crippen LogP contribution is -2.14. The first-order valence-corrected chi connectivity index (χ1v) is 7.10. The molecule has 0 atom stereocenters. The Morgan fingerprint density at radius 3 is 2.94 bits per heavy atom. The van der Waals surface area contributed by atoms with Gasteiger partial charge in [-0.15, -0.1) is 0 Å². The van der Waals surface area contributed by atoms with E-state index < -0.39 is 0 Å². The molecule has 1 heterocycles. The van der Waals surface area contributed by atoms with E-state index in [1.165, 1.54) is 31.2 Å². The zero-order valence-corrected chi connectivity index (χ0v) is 11.3. The van der Waals surface area contributed by atoms with Gasteiger partial charge in [0.1, 0.15) is 0 Å². The third-order valence-electron chi connectivity index (χ3n) is 3.26. The van der Waals surface area contributed by atoms with Crippen molar-refractivity contribution < 1.29 is 4.74 Å². The minimum Gasteiger partial charge on any atom is -0.375 e. The van der Waals surface area contributed by atoms with Crippen LogP contribution in [0, 0.1) is 5.92 Å². The molecule has 0 spiro atoms. The number of ether oxygens (including phenoxy) is 1. The Morgan fingerprint density at radius 1 is 1.39 bits per heavy atom. The highest BCUT2D eigenvalue weighted by molar-refractivity contribution is 5.13. The Bertz CT molecular complexity index is 333. The molecule has 0 saturated heterocycles. The lowest BCUT2D eigenvalue weighted by atomic mass is 10.2. The highest BCUT2D eigenvalue weighted by atomic mass is 16.5. The van der Waals surface area contributed by atoms with Crippen LogP contribution in [0.3, 0.4) is 0 Å². The lowest BCUT2D eigenvalue weighted by Gasteiger charge is -2.05. The van der Waals surface area contributed by atoms with E-state index in [-0.39, 0.29) is 0 Å². The number of rotatable bonds is 9. The minimum absolute atomic E-state index is 0.648. The topological polar surface area (TPSA) is 34.1 Å². The molecule has 1 fully saturated rings. The van der Waals surface area contributed by atoms with Gasteiger partial charge in [-0.1, -0.05) is 25.8 Å². The molecule has 3 nitrogen and oxygen atoms in total. The molecule has 0 amide bonds. The second-order valence-electron chi connectivity index (χ2n) is 5.12. The maximum absolute atomic E-state index is 5.63. The van der Waals surface area contributed by atoms with E-state index in [0.717, 1.165) is 31.3 Å². The Hall–Kier alpha value is -0.930. The summed E-state index contributed by atoms with van der Waals surface area (Å²) < 4.78 is 5.63. The first kappa shape index (κ1) is 13.5. The second-order valence-corrected chi connectivity index (χ2v) is 5.12. The van der Waals surface area contributed by atoms with Crippen LogP contribution in [0.15, 0.2) is 18.3 Å². The number of nitrogens with one attached hydrogen (secondary N) is 1. The van der Waals surface area contributed by atoms with Gasteiger partial charge in [0.25, 0.3) is 0 Å². The summed E-state index contributed by atoms with van der Waals surface area (Å²) in [6, 6.07) is 4.20. The number of hydrogen-bond acceptors (Lipinski definition) is 3. The number of aromatic nitrogens is 1. The largest absolute Gasteiger partial charge is 0.375 e. The van der Waals surface area contributed by atoms with Crippen LogP contribution in [0.4, 0.5) is 0 Å². The van der Waals surface area contributed by atoms with Gasteiger partial charge in [0, 0.05) is 19.3 Å². The molecule has 1 aromatic rings. The number of pyridine rings is 1. The summed E-state index contributed by atoms with van der Waals surface area (Å²) in [4.78, 5) is 4.42. The van der Waals surface area contributed by atoms with Gasteiger partial charge in [0.05, 0.1) is 12.3 Å². The summed E-state index contributed by atoms with van der Waals surface area (Å²) in [6.45, 7) is 5.67. The van der Waals surface area contributed by atoms with Gasteiger partial charge >= 0.3 is 0 Å². The number of nitrogens with zero attached hydrogens (tertiary/aromatic N) is 1. The van der Waals surface area contributed by atoms with Crippen molar-refractivity contribution in [3.63, 3.8) is 0 Å². The lowest BCUT2D eigenvalue weighted by molar-refractivity contribution is 0.112. The molecule has 100 valence electrons. The van der Waals surface area contributed by atoms with Crippen molar-refractivity contribution in [1.82, 2.24) is 10.3 Å². The van der Waals surface area contributed by atoms with E-state index in [1.807, 2.05) is 6.20 Å². The van der Waals surface area contributed by atoms with E-state index in [0.29, 0.717) is 6.61 Å². The van der Waals surface area contributed by atoms with Gasteiger partial charge < -0.3 is 10.1 Å². The molecule has 0 aromatic carbocycles. The Kier molecular flexibility index (Phi) is 5.62. The molecule has 3 heteroatoms. The van der Waals surface area contributed by atoms with Crippen LogP contribution in [0.5, 0.6) is 0 Å². The third kappa shape index (κ3) is 5.15. The summed E-state index contributed by atoms with van der Waals surface area (Å²) in [5.74, 6) is 0.949. The molecule has 1 saturated carbocycles. The van der Waals surface area contributed by atoms with Crippen molar-refractivity contribution in [3.8, 4) is 0 Å². The fourth-order valence-electron chi connectivity index (χ4n) is 1.89. The van der Waals surface area contributed by atoms with Crippen LogP contribution in [0.2, 0.25) is 0 Å². The van der Waals surface area contributed by atoms with E-state index in [9.17, 15) is 0 Å². The molecule has 18 heavy (non-hydrogen) atoms. The highest BCUT2D eigenvalue weighted by Gasteiger charge is 2.20. The quantitative estimate of drug-likeness (QED) is 0.682. The van der Waals surface area contributed by atoms with E-state index in [1.54, 1.807) is 0 Å². The van der Waals surface area contributed by atoms with E-state index in [4.69, 9.17) is 4.74 Å². The molecule has 0 bridgehead atoms. The standard InChI is InChI=1S/C15H24N2O/c1-2-8-16-10-14-5-6-15(17-11-14)12-18-9-7-13-3-4-13/h5-6,11,13,16H,2-4,7-10,12H2,1H3. The van der Waals surface area contributed by atoms with Gasteiger partial charge in [-0.2, -0.15) is 0 Å². The normalized spacial score (nSPS) is 14.9. The summed E-state index contributed by atoms with van der Waals surface area (Å²) in [5, 5.41) is 3.37. The molecule has 1 aromatic heterocycles. The average Bonchev–Trinajstić information content (AvgIpc) is 3.21. The maximum atomic E-state index is 5.63. The van der Waals surface area contributed by atoms with Crippen molar-refractivity contribution in [2.24, 2.45) is 5.92 Å². The van der Waals surface area contributed by atoms with Crippen molar-refractivity contribution in [3.05, 3.63) is 29.6 Å². The summed E-state index contributed by atoms with van der Waals surface area (Å²) in [7, 11) is 0. The molecule has 1 aliphatic carbocycles. The second kappa shape index (κ2) is 7.49. The predicted molar refractivity (Wildman–Crippen MR) is 73.2 cm³/mol. The molecule has 1 aliphatic rings. The zero-order valence-electron chi connectivity index (χ0n) is 11.3. The van der Waals surface area contributed by atoms with E-state index in [2.05, 4.69) is 29.4 Å². The van der Waals surface area contributed by atoms with Crippen LogP contribution in [0.1, 0.15) is 43.9 Å². The monoisotopic (exact) mass is 248 g/mol. The zero-order chi connectivity index (χ0) is 12.6. The van der Waals surface area contributed by atoms with Gasteiger partial charge in [-0.3, -0.25) is 4.98 Å². The van der Waals surface area contributed by atoms with E-state index >= 15 is 0 Å². The Balaban J connectivity index is 1.62. The van der Waals surface area contributed by atoms with Crippen molar-refractivity contribution >= 4 is 0 Å². The smallest absolute Gasteiger partial charge is 0.0887 e. The Morgan fingerprint density at radius 2 is 2.28 bits per heavy atom. The summed E-state index contributed by atoms with van der Waals surface area (Å²) in [5.41, 5.74) is 2.27. The first-order valence-electron chi connectivity index (χ1n) is 7.10. The fraction of sp³-hybridized carbons (Fsp3) is 0.667. The summed E-state index contributed by atoms with van der Waals surface area (Å²) in [6.07, 6.45) is 7.14. The van der Waals surface area contributed by atoms with Crippen LogP contribution < -0.4 is 5.32 Å². The van der Waals surface area contributed by atoms with Gasteiger partial charge in [-0.25, -0.2) is 0 Å². The van der Waals surface area contributed by atoms with Crippen molar-refractivity contribution in [2.45, 2.75) is 45.8 Å². The molecular formula is C15H24N2O. The molecular weight excluding hydrogens is 224 g/mol. The Labute approximate surface area is 110 Å². The van der Waals surface area contributed by atoms with Crippen molar-refractivity contribution in [2.75, 3.05) is 13.2 Å². The average molecular weight is 248 g/mol. The van der Waals surface area contributed by atoms with Crippen LogP contribution in [0.25, 0.3) is 0 Å². The number of hydrogen-bond donors (Lipinski definition) is 1. The van der Waals surface area contributed by atoms with Gasteiger partial charge in [0.2, 0.25) is 0 Å². The third-order valence-corrected chi connectivity index (χ3v) is 3.26. The first-order chi connectivity index (χ1) is 8.88. The van der Waals surface area contributed by atoms with Crippen LogP contribution >= 0.6 is 0 Å². The predicted octanol–water partition coefficient (Wildman–Crippen LogP) is 2.90. The van der Waals surface area contributed by atoms with Crippen LogP contribution in [-0.2, 0) is 17.9 Å². The molecule has 1 N–H and O–H groups in total. The minimum atomic E-state index is 0.648. The van der Waals surface area contributed by atoms with Gasteiger partial charge in [0.15, 0.2) is 0 Å². The summed E-state index contributed by atoms with van der Waals surface area (Å²) >= 11 is 0. The van der Waals surface area contributed by atoms with Crippen LogP contribution in [-0.4, -0.2) is 18.1 Å². The van der Waals surface area contributed by atoms with Gasteiger partial charge in [-0.05, 0) is 36.9 Å². The molecule has 2 rings (SSSR count).